The molecule has 0 bridgehead atoms. The predicted molar refractivity (Wildman–Crippen MR) is 85.9 cm³/mol. The molecule has 1 N–H and O–H groups in total. The van der Waals surface area contributed by atoms with Crippen LogP contribution < -0.4 is 0 Å². The molecule has 2 rings (SSSR count). The van der Waals surface area contributed by atoms with Crippen LogP contribution in [0, 0.1) is 17.0 Å². The van der Waals surface area contributed by atoms with E-state index in [1.54, 1.807) is 24.3 Å². The van der Waals surface area contributed by atoms with Crippen LogP contribution in [0.15, 0.2) is 39.8 Å². The topological polar surface area (TPSA) is 75.7 Å². The van der Waals surface area contributed by atoms with Crippen LogP contribution >= 0.6 is 27.5 Å². The number of rotatable bonds is 3. The Hall–Kier alpha value is -1.92. The first-order valence-electron chi connectivity index (χ1n) is 5.86. The molecular formula is C14H10BrClN2O3. The molecule has 0 aliphatic heterocycles. The summed E-state index contributed by atoms with van der Waals surface area (Å²) in [4.78, 5) is 14.4. The third-order valence-electron chi connectivity index (χ3n) is 2.86. The summed E-state index contributed by atoms with van der Waals surface area (Å²) in [6.07, 6.45) is 1.37. The zero-order chi connectivity index (χ0) is 15.6. The van der Waals surface area contributed by atoms with Crippen molar-refractivity contribution in [1.82, 2.24) is 0 Å². The molecule has 0 aliphatic carbocycles. The second-order valence-electron chi connectivity index (χ2n) is 4.26. The summed E-state index contributed by atoms with van der Waals surface area (Å²) < 4.78 is 0.483. The molecule has 21 heavy (non-hydrogen) atoms. The van der Waals surface area contributed by atoms with Crippen LogP contribution in [0.4, 0.5) is 11.4 Å². The molecule has 0 radical (unpaired) electrons. The van der Waals surface area contributed by atoms with Crippen molar-refractivity contribution in [3.63, 3.8) is 0 Å². The molecule has 0 amide bonds. The van der Waals surface area contributed by atoms with Crippen molar-refractivity contribution in [2.45, 2.75) is 6.92 Å². The zero-order valence-corrected chi connectivity index (χ0v) is 13.2. The van der Waals surface area contributed by atoms with E-state index in [0.717, 1.165) is 5.56 Å². The Morgan fingerprint density at radius 2 is 2.14 bits per heavy atom. The summed E-state index contributed by atoms with van der Waals surface area (Å²) in [5.74, 6) is -0.424. The predicted octanol–water partition coefficient (Wildman–Crippen LogP) is 4.78. The molecule has 2 aromatic carbocycles. The molecule has 2 aromatic rings. The summed E-state index contributed by atoms with van der Waals surface area (Å²) >= 11 is 9.17. The number of hydrogen-bond acceptors (Lipinski definition) is 4. The molecule has 0 saturated heterocycles. The number of hydrogen-bond donors (Lipinski definition) is 1. The van der Waals surface area contributed by atoms with E-state index in [0.29, 0.717) is 15.2 Å². The molecule has 0 fully saturated rings. The number of nitro benzene ring substituents is 1. The van der Waals surface area contributed by atoms with Crippen LogP contribution in [-0.2, 0) is 0 Å². The van der Waals surface area contributed by atoms with Gasteiger partial charge in [0.05, 0.1) is 10.6 Å². The minimum absolute atomic E-state index is 0.246. The lowest BCUT2D eigenvalue weighted by Crippen LogP contribution is -1.92. The first-order valence-corrected chi connectivity index (χ1v) is 7.03. The minimum atomic E-state index is -0.651. The number of benzene rings is 2. The van der Waals surface area contributed by atoms with Gasteiger partial charge in [0.1, 0.15) is 0 Å². The van der Waals surface area contributed by atoms with Crippen molar-refractivity contribution in [2.75, 3.05) is 0 Å². The van der Waals surface area contributed by atoms with Gasteiger partial charge in [0.15, 0.2) is 0 Å². The Morgan fingerprint density at radius 3 is 2.81 bits per heavy atom. The van der Waals surface area contributed by atoms with Gasteiger partial charge in [-0.3, -0.25) is 15.1 Å². The normalized spacial score (nSPS) is 11.0. The van der Waals surface area contributed by atoms with E-state index in [2.05, 4.69) is 20.9 Å². The van der Waals surface area contributed by atoms with Gasteiger partial charge in [-0.25, -0.2) is 0 Å². The highest BCUT2D eigenvalue weighted by Gasteiger charge is 2.17. The van der Waals surface area contributed by atoms with Crippen molar-refractivity contribution in [3.05, 3.63) is 61.1 Å². The number of aromatic hydroxyl groups is 1. The Balaban J connectivity index is 2.46. The fourth-order valence-corrected chi connectivity index (χ4v) is 2.35. The lowest BCUT2D eigenvalue weighted by Gasteiger charge is -2.03. The van der Waals surface area contributed by atoms with E-state index in [4.69, 9.17) is 11.6 Å². The van der Waals surface area contributed by atoms with Gasteiger partial charge in [-0.2, -0.15) is 0 Å². The Kier molecular flexibility index (Phi) is 4.59. The van der Waals surface area contributed by atoms with E-state index < -0.39 is 10.7 Å². The van der Waals surface area contributed by atoms with Crippen LogP contribution in [0.1, 0.15) is 11.1 Å². The van der Waals surface area contributed by atoms with Gasteiger partial charge >= 0.3 is 5.69 Å². The summed E-state index contributed by atoms with van der Waals surface area (Å²) in [7, 11) is 0. The van der Waals surface area contributed by atoms with Crippen molar-refractivity contribution >= 4 is 45.1 Å². The Labute approximate surface area is 134 Å². The first-order chi connectivity index (χ1) is 9.90. The number of phenolic OH excluding ortho intramolecular Hbond substituents is 1. The first kappa shape index (κ1) is 15.5. The highest BCUT2D eigenvalue weighted by atomic mass is 79.9. The van der Waals surface area contributed by atoms with E-state index in [-0.39, 0.29) is 11.3 Å². The standard InChI is InChI=1S/C14H10BrClN2O3/c1-8-11(16)3-2-4-12(8)17-7-9-5-10(15)6-13(14(9)19)18(20)21/h2-7,19H,1H3/b17-7+. The summed E-state index contributed by atoms with van der Waals surface area (Å²) in [5, 5.41) is 21.3. The SMILES string of the molecule is Cc1c(Cl)cccc1/N=C/c1cc(Br)cc([N+](=O)[O-])c1O. The van der Waals surface area contributed by atoms with Crippen LogP contribution in [0.3, 0.4) is 0 Å². The minimum Gasteiger partial charge on any atom is -0.502 e. The summed E-state index contributed by atoms with van der Waals surface area (Å²) in [5.41, 5.74) is 1.29. The average molecular weight is 370 g/mol. The number of nitro groups is 1. The maximum absolute atomic E-state index is 10.9. The van der Waals surface area contributed by atoms with E-state index in [1.807, 2.05) is 6.92 Å². The van der Waals surface area contributed by atoms with E-state index >= 15 is 0 Å². The molecule has 0 unspecified atom stereocenters. The third kappa shape index (κ3) is 3.40. The fraction of sp³-hybridized carbons (Fsp3) is 0.0714. The Bertz CT molecular complexity index is 747. The second kappa shape index (κ2) is 6.24. The van der Waals surface area contributed by atoms with Gasteiger partial charge in [0, 0.05) is 27.3 Å². The lowest BCUT2D eigenvalue weighted by molar-refractivity contribution is -0.385. The van der Waals surface area contributed by atoms with Crippen molar-refractivity contribution in [3.8, 4) is 5.75 Å². The van der Waals surface area contributed by atoms with Crippen molar-refractivity contribution in [1.29, 1.82) is 0 Å². The second-order valence-corrected chi connectivity index (χ2v) is 5.58. The number of phenols is 1. The van der Waals surface area contributed by atoms with Gasteiger partial charge < -0.3 is 5.11 Å². The monoisotopic (exact) mass is 368 g/mol. The zero-order valence-electron chi connectivity index (χ0n) is 10.9. The van der Waals surface area contributed by atoms with Gasteiger partial charge in [0.2, 0.25) is 5.75 Å². The Morgan fingerprint density at radius 1 is 1.43 bits per heavy atom. The van der Waals surface area contributed by atoms with Gasteiger partial charge in [-0.1, -0.05) is 33.6 Å². The van der Waals surface area contributed by atoms with Gasteiger partial charge in [-0.05, 0) is 30.7 Å². The molecule has 5 nitrogen and oxygen atoms in total. The van der Waals surface area contributed by atoms with Crippen LogP contribution in [0.2, 0.25) is 5.02 Å². The third-order valence-corrected chi connectivity index (χ3v) is 3.73. The van der Waals surface area contributed by atoms with Crippen LogP contribution in [0.25, 0.3) is 0 Å². The van der Waals surface area contributed by atoms with Gasteiger partial charge in [0.25, 0.3) is 0 Å². The van der Waals surface area contributed by atoms with Gasteiger partial charge in [-0.15, -0.1) is 0 Å². The molecule has 0 aliphatic rings. The van der Waals surface area contributed by atoms with Crippen molar-refractivity contribution < 1.29 is 10.0 Å². The quantitative estimate of drug-likeness (QED) is 0.481. The highest BCUT2D eigenvalue weighted by molar-refractivity contribution is 9.10. The summed E-state index contributed by atoms with van der Waals surface area (Å²) in [6.45, 7) is 1.82. The molecular weight excluding hydrogens is 360 g/mol. The smallest absolute Gasteiger partial charge is 0.312 e. The molecule has 0 aromatic heterocycles. The molecule has 108 valence electrons. The maximum atomic E-state index is 10.9. The van der Waals surface area contributed by atoms with E-state index in [1.165, 1.54) is 12.3 Å². The summed E-state index contributed by atoms with van der Waals surface area (Å²) in [6, 6.07) is 8.05. The van der Waals surface area contributed by atoms with Crippen LogP contribution in [0.5, 0.6) is 5.75 Å². The van der Waals surface area contributed by atoms with E-state index in [9.17, 15) is 15.2 Å². The molecule has 7 heteroatoms. The lowest BCUT2D eigenvalue weighted by atomic mass is 10.1. The molecule has 0 atom stereocenters. The fourth-order valence-electron chi connectivity index (χ4n) is 1.72. The largest absolute Gasteiger partial charge is 0.502 e. The number of aliphatic imine (C=N–C) groups is 1. The van der Waals surface area contributed by atoms with Crippen molar-refractivity contribution in [2.24, 2.45) is 4.99 Å². The molecule has 0 heterocycles. The highest BCUT2D eigenvalue weighted by Crippen LogP contribution is 2.33. The van der Waals surface area contributed by atoms with Crippen LogP contribution in [-0.4, -0.2) is 16.2 Å². The average Bonchev–Trinajstić information content (AvgIpc) is 2.43. The number of halogens is 2. The molecule has 0 saturated carbocycles. The maximum Gasteiger partial charge on any atom is 0.312 e. The number of nitrogens with zero attached hydrogens (tertiary/aromatic N) is 2. The molecule has 0 spiro atoms.